The maximum atomic E-state index is 4.87. The van der Waals surface area contributed by atoms with Crippen molar-refractivity contribution in [1.29, 1.82) is 0 Å². The molecule has 0 aliphatic carbocycles. The van der Waals surface area contributed by atoms with Gasteiger partial charge in [-0.15, -0.1) is 0 Å². The molecule has 2 heteroatoms. The van der Waals surface area contributed by atoms with Crippen LogP contribution in [0.2, 0.25) is 0 Å². The Kier molecular flexibility index (Phi) is 5.57. The summed E-state index contributed by atoms with van der Waals surface area (Å²) in [6.07, 6.45) is 5.30. The summed E-state index contributed by atoms with van der Waals surface area (Å²) in [5.41, 5.74) is 0. The van der Waals surface area contributed by atoms with Crippen LogP contribution in [0.3, 0.4) is 0 Å². The van der Waals surface area contributed by atoms with Gasteiger partial charge in [0.2, 0.25) is 0 Å². The Hall–Kier alpha value is -0.340. The molecule has 0 aromatic heterocycles. The monoisotopic (exact) mass is 129 g/mol. The number of hydrogen-bond acceptors (Lipinski definition) is 2. The maximum absolute atomic E-state index is 4.87. The predicted molar refractivity (Wildman–Crippen MR) is 38.7 cm³/mol. The second-order valence-electron chi connectivity index (χ2n) is 2.15. The van der Waals surface area contributed by atoms with Gasteiger partial charge in [-0.05, 0) is 12.3 Å². The first-order valence-electron chi connectivity index (χ1n) is 3.29. The highest BCUT2D eigenvalue weighted by molar-refractivity contribution is 4.84. The first-order chi connectivity index (χ1) is 4.31. The lowest BCUT2D eigenvalue weighted by Crippen LogP contribution is -2.07. The lowest BCUT2D eigenvalue weighted by Gasteiger charge is -2.00. The van der Waals surface area contributed by atoms with Crippen molar-refractivity contribution in [3.8, 4) is 0 Å². The van der Waals surface area contributed by atoms with Gasteiger partial charge in [-0.3, -0.25) is 0 Å². The fraction of sp³-hybridized carbons (Fsp3) is 0.714. The van der Waals surface area contributed by atoms with Crippen LogP contribution < -0.4 is 5.90 Å². The number of allylic oxidation sites excluding steroid dienone is 1. The van der Waals surface area contributed by atoms with Crippen molar-refractivity contribution in [3.63, 3.8) is 0 Å². The highest BCUT2D eigenvalue weighted by atomic mass is 16.6. The van der Waals surface area contributed by atoms with E-state index in [0.717, 1.165) is 6.42 Å². The van der Waals surface area contributed by atoms with Crippen LogP contribution in [0, 0.1) is 5.92 Å². The van der Waals surface area contributed by atoms with Gasteiger partial charge < -0.3 is 4.84 Å². The second kappa shape index (κ2) is 5.79. The molecule has 0 spiro atoms. The molecule has 2 N–H and O–H groups in total. The van der Waals surface area contributed by atoms with Crippen LogP contribution in [0.5, 0.6) is 0 Å². The van der Waals surface area contributed by atoms with E-state index in [9.17, 15) is 0 Å². The third-order valence-corrected chi connectivity index (χ3v) is 1.06. The quantitative estimate of drug-likeness (QED) is 0.461. The Morgan fingerprint density at radius 2 is 2.33 bits per heavy atom. The molecular formula is C7H15NO. The molecular weight excluding hydrogens is 114 g/mol. The first kappa shape index (κ1) is 8.66. The smallest absolute Gasteiger partial charge is 0.0739 e. The van der Waals surface area contributed by atoms with E-state index in [0.29, 0.717) is 12.5 Å². The molecule has 0 aromatic rings. The van der Waals surface area contributed by atoms with E-state index < -0.39 is 0 Å². The predicted octanol–water partition coefficient (Wildman–Crippen LogP) is 1.48. The summed E-state index contributed by atoms with van der Waals surface area (Å²) in [6, 6.07) is 0. The van der Waals surface area contributed by atoms with Gasteiger partial charge >= 0.3 is 0 Å². The van der Waals surface area contributed by atoms with Crippen molar-refractivity contribution in [2.24, 2.45) is 11.8 Å². The van der Waals surface area contributed by atoms with Gasteiger partial charge in [0.05, 0.1) is 6.61 Å². The highest BCUT2D eigenvalue weighted by Crippen LogP contribution is 1.96. The lowest BCUT2D eigenvalue weighted by atomic mass is 10.2. The third kappa shape index (κ3) is 5.53. The van der Waals surface area contributed by atoms with Gasteiger partial charge in [-0.1, -0.05) is 26.0 Å². The standard InChI is InChI=1S/C7H15NO/c1-3-4-5-7(2)6-9-8/h4-5,7H,3,6,8H2,1-2H3/b5-4+. The van der Waals surface area contributed by atoms with Gasteiger partial charge in [0.15, 0.2) is 0 Å². The van der Waals surface area contributed by atoms with Gasteiger partial charge in [0.25, 0.3) is 0 Å². The van der Waals surface area contributed by atoms with Gasteiger partial charge in [0, 0.05) is 0 Å². The molecule has 2 nitrogen and oxygen atoms in total. The van der Waals surface area contributed by atoms with E-state index in [4.69, 9.17) is 5.90 Å². The van der Waals surface area contributed by atoms with Crippen molar-refractivity contribution in [2.45, 2.75) is 20.3 Å². The summed E-state index contributed by atoms with van der Waals surface area (Å²) in [5, 5.41) is 0. The largest absolute Gasteiger partial charge is 0.304 e. The van der Waals surface area contributed by atoms with Gasteiger partial charge in [-0.2, -0.15) is 0 Å². The Balaban J connectivity index is 3.25. The zero-order valence-electron chi connectivity index (χ0n) is 6.13. The average molecular weight is 129 g/mol. The maximum Gasteiger partial charge on any atom is 0.0739 e. The van der Waals surface area contributed by atoms with Crippen molar-refractivity contribution in [2.75, 3.05) is 6.61 Å². The third-order valence-electron chi connectivity index (χ3n) is 1.06. The molecule has 0 bridgehead atoms. The van der Waals surface area contributed by atoms with Crippen molar-refractivity contribution >= 4 is 0 Å². The number of rotatable bonds is 4. The molecule has 0 aliphatic rings. The summed E-state index contributed by atoms with van der Waals surface area (Å²) in [6.45, 7) is 4.78. The van der Waals surface area contributed by atoms with Crippen LogP contribution in [0.1, 0.15) is 20.3 Å². The summed E-state index contributed by atoms with van der Waals surface area (Å²) in [7, 11) is 0. The van der Waals surface area contributed by atoms with E-state index >= 15 is 0 Å². The Morgan fingerprint density at radius 3 is 2.78 bits per heavy atom. The van der Waals surface area contributed by atoms with Crippen LogP contribution in [-0.4, -0.2) is 6.61 Å². The summed E-state index contributed by atoms with van der Waals surface area (Å²) in [5.74, 6) is 5.31. The average Bonchev–Trinajstić information content (AvgIpc) is 1.85. The second-order valence-corrected chi connectivity index (χ2v) is 2.15. The molecule has 0 amide bonds. The van der Waals surface area contributed by atoms with Crippen LogP contribution in [0.25, 0.3) is 0 Å². The van der Waals surface area contributed by atoms with Crippen LogP contribution in [0.15, 0.2) is 12.2 Å². The molecule has 0 aliphatic heterocycles. The summed E-state index contributed by atoms with van der Waals surface area (Å²) >= 11 is 0. The molecule has 0 saturated carbocycles. The topological polar surface area (TPSA) is 35.2 Å². The molecule has 1 atom stereocenters. The fourth-order valence-corrected chi connectivity index (χ4v) is 0.576. The molecule has 0 saturated heterocycles. The van der Waals surface area contributed by atoms with Gasteiger partial charge in [-0.25, -0.2) is 5.90 Å². The van der Waals surface area contributed by atoms with Gasteiger partial charge in [0.1, 0.15) is 0 Å². The van der Waals surface area contributed by atoms with Crippen molar-refractivity contribution in [1.82, 2.24) is 0 Å². The van der Waals surface area contributed by atoms with Crippen molar-refractivity contribution < 1.29 is 4.84 Å². The normalized spacial score (nSPS) is 14.6. The minimum Gasteiger partial charge on any atom is -0.304 e. The SMILES string of the molecule is CC/C=C/C(C)CON. The Labute approximate surface area is 56.6 Å². The lowest BCUT2D eigenvalue weighted by molar-refractivity contribution is 0.120. The minimum absolute atomic E-state index is 0.440. The van der Waals surface area contributed by atoms with E-state index in [-0.39, 0.29) is 0 Å². The molecule has 0 aromatic carbocycles. The first-order valence-corrected chi connectivity index (χ1v) is 3.29. The van der Waals surface area contributed by atoms with E-state index in [1.807, 2.05) is 0 Å². The fourth-order valence-electron chi connectivity index (χ4n) is 0.576. The van der Waals surface area contributed by atoms with Crippen molar-refractivity contribution in [3.05, 3.63) is 12.2 Å². The highest BCUT2D eigenvalue weighted by Gasteiger charge is 1.92. The summed E-state index contributed by atoms with van der Waals surface area (Å²) < 4.78 is 0. The summed E-state index contributed by atoms with van der Waals surface area (Å²) in [4.78, 5) is 4.45. The van der Waals surface area contributed by atoms with E-state index in [2.05, 4.69) is 30.8 Å². The van der Waals surface area contributed by atoms with E-state index in [1.165, 1.54) is 0 Å². The van der Waals surface area contributed by atoms with E-state index in [1.54, 1.807) is 0 Å². The van der Waals surface area contributed by atoms with Crippen LogP contribution in [-0.2, 0) is 4.84 Å². The molecule has 54 valence electrons. The number of nitrogens with two attached hydrogens (primary N) is 1. The molecule has 9 heavy (non-hydrogen) atoms. The zero-order valence-corrected chi connectivity index (χ0v) is 6.13. The Bertz CT molecular complexity index is 81.0. The molecule has 0 rings (SSSR count). The molecule has 1 unspecified atom stereocenters. The van der Waals surface area contributed by atoms with Crippen LogP contribution >= 0.6 is 0 Å². The zero-order chi connectivity index (χ0) is 7.11. The minimum atomic E-state index is 0.440. The molecule has 0 radical (unpaired) electrons. The molecule has 0 heterocycles. The Morgan fingerprint density at radius 1 is 1.67 bits per heavy atom. The van der Waals surface area contributed by atoms with Crippen LogP contribution in [0.4, 0.5) is 0 Å². The molecule has 0 fully saturated rings. The number of hydrogen-bond donors (Lipinski definition) is 1.